The number of furan rings is 1. The summed E-state index contributed by atoms with van der Waals surface area (Å²) in [5.41, 5.74) is 1.05. The zero-order chi connectivity index (χ0) is 23.6. The minimum absolute atomic E-state index is 0.0673. The second-order valence-corrected chi connectivity index (χ2v) is 9.14. The van der Waals surface area contributed by atoms with Crippen molar-refractivity contribution in [1.29, 1.82) is 0 Å². The number of sulfone groups is 1. The molecule has 0 atom stereocenters. The summed E-state index contributed by atoms with van der Waals surface area (Å²) in [5.74, 6) is -0.599. The summed E-state index contributed by atoms with van der Waals surface area (Å²) in [4.78, 5) is 23.2. The van der Waals surface area contributed by atoms with Gasteiger partial charge in [-0.05, 0) is 43.3 Å². The van der Waals surface area contributed by atoms with E-state index in [1.54, 1.807) is 31.2 Å². The van der Waals surface area contributed by atoms with E-state index in [-0.39, 0.29) is 27.9 Å². The fraction of sp³-hybridized carbons (Fsp3) is 0.0909. The van der Waals surface area contributed by atoms with E-state index in [2.05, 4.69) is 10.4 Å². The third-order valence-corrected chi connectivity index (χ3v) is 6.35. The van der Waals surface area contributed by atoms with Gasteiger partial charge in [0, 0.05) is 18.2 Å². The average Bonchev–Trinajstić information content (AvgIpc) is 3.40. The number of hydrogen-bond donors (Lipinski definition) is 1. The van der Waals surface area contributed by atoms with Crippen LogP contribution < -0.4 is 5.32 Å². The highest BCUT2D eigenvalue weighted by atomic mass is 32.2. The number of carbonyl (C=O) groups is 1. The van der Waals surface area contributed by atoms with E-state index in [9.17, 15) is 23.3 Å². The Morgan fingerprint density at radius 1 is 1.09 bits per heavy atom. The molecule has 2 aromatic carbocycles. The molecule has 0 fully saturated rings. The van der Waals surface area contributed by atoms with E-state index < -0.39 is 20.7 Å². The zero-order valence-electron chi connectivity index (χ0n) is 17.3. The molecule has 1 N–H and O–H groups in total. The Bertz CT molecular complexity index is 1420. The lowest BCUT2D eigenvalue weighted by molar-refractivity contribution is -0.384. The van der Waals surface area contributed by atoms with Gasteiger partial charge in [-0.15, -0.1) is 0 Å². The minimum atomic E-state index is -3.62. The van der Waals surface area contributed by atoms with Crippen LogP contribution in [0, 0.1) is 17.0 Å². The van der Waals surface area contributed by atoms with Crippen molar-refractivity contribution in [3.05, 3.63) is 100 Å². The summed E-state index contributed by atoms with van der Waals surface area (Å²) in [6.07, 6.45) is 0. The van der Waals surface area contributed by atoms with Crippen LogP contribution in [-0.4, -0.2) is 29.0 Å². The molecule has 2 aromatic heterocycles. The summed E-state index contributed by atoms with van der Waals surface area (Å²) < 4.78 is 32.0. The number of aryl methyl sites for hydroxylation is 1. The number of amides is 1. The van der Waals surface area contributed by atoms with Crippen molar-refractivity contribution in [2.24, 2.45) is 0 Å². The van der Waals surface area contributed by atoms with E-state index in [4.69, 9.17) is 4.42 Å². The molecule has 33 heavy (non-hydrogen) atoms. The van der Waals surface area contributed by atoms with Gasteiger partial charge < -0.3 is 9.73 Å². The molecule has 1 amide bonds. The summed E-state index contributed by atoms with van der Waals surface area (Å²) in [7, 11) is -3.62. The Labute approximate surface area is 188 Å². The van der Waals surface area contributed by atoms with Gasteiger partial charge in [-0.2, -0.15) is 5.10 Å². The van der Waals surface area contributed by atoms with Crippen molar-refractivity contribution in [2.75, 3.05) is 5.32 Å². The zero-order valence-corrected chi connectivity index (χ0v) is 18.2. The molecule has 11 heteroatoms. The molecule has 0 radical (unpaired) electrons. The molecule has 0 aliphatic heterocycles. The number of benzene rings is 2. The summed E-state index contributed by atoms with van der Waals surface area (Å²) in [6, 6.07) is 18.1. The second kappa shape index (κ2) is 8.71. The Hall–Kier alpha value is -4.25. The highest BCUT2D eigenvalue weighted by Crippen LogP contribution is 2.22. The maximum atomic E-state index is 12.7. The topological polar surface area (TPSA) is 137 Å². The van der Waals surface area contributed by atoms with Crippen molar-refractivity contribution in [3.63, 3.8) is 0 Å². The van der Waals surface area contributed by atoms with Gasteiger partial charge in [-0.3, -0.25) is 14.9 Å². The van der Waals surface area contributed by atoms with Gasteiger partial charge in [0.1, 0.15) is 17.3 Å². The normalized spacial score (nSPS) is 11.3. The van der Waals surface area contributed by atoms with Gasteiger partial charge in [0.25, 0.3) is 11.6 Å². The van der Waals surface area contributed by atoms with Crippen molar-refractivity contribution in [1.82, 2.24) is 9.78 Å². The Kier molecular flexibility index (Phi) is 5.80. The molecular weight excluding hydrogens is 448 g/mol. The van der Waals surface area contributed by atoms with Crippen LogP contribution in [0.3, 0.4) is 0 Å². The number of hydrogen-bond acceptors (Lipinski definition) is 7. The largest absolute Gasteiger partial charge is 0.455 e. The summed E-state index contributed by atoms with van der Waals surface area (Å²) in [5, 5.41) is 17.9. The molecule has 0 unspecified atom stereocenters. The van der Waals surface area contributed by atoms with Crippen LogP contribution in [-0.2, 0) is 15.6 Å². The number of non-ortho nitro benzene ring substituents is 1. The van der Waals surface area contributed by atoms with Crippen LogP contribution in [0.1, 0.15) is 22.0 Å². The fourth-order valence-corrected chi connectivity index (χ4v) is 4.42. The minimum Gasteiger partial charge on any atom is -0.455 e. The standard InChI is InChI=1S/C22H18N4O6S/c1-15-13-21(25(24-15)16-7-9-17(10-8-16)26(28)29)23-22(27)20-12-11-18(32-20)14-33(30,31)19-5-3-2-4-6-19/h2-13H,14H2,1H3,(H,23,27). The number of nitrogens with one attached hydrogen (secondary N) is 1. The quantitative estimate of drug-likeness (QED) is 0.322. The fourth-order valence-electron chi connectivity index (χ4n) is 3.15. The third-order valence-electron chi connectivity index (χ3n) is 4.70. The van der Waals surface area contributed by atoms with Crippen molar-refractivity contribution in [3.8, 4) is 5.69 Å². The van der Waals surface area contributed by atoms with E-state index in [0.29, 0.717) is 17.2 Å². The first-order valence-electron chi connectivity index (χ1n) is 9.72. The SMILES string of the molecule is Cc1cc(NC(=O)c2ccc(CS(=O)(=O)c3ccccc3)o2)n(-c2ccc([N+](=O)[O-])cc2)n1. The first-order chi connectivity index (χ1) is 15.7. The van der Waals surface area contributed by atoms with Crippen LogP contribution in [0.5, 0.6) is 0 Å². The highest BCUT2D eigenvalue weighted by molar-refractivity contribution is 7.90. The highest BCUT2D eigenvalue weighted by Gasteiger charge is 2.20. The number of carbonyl (C=O) groups excluding carboxylic acids is 1. The van der Waals surface area contributed by atoms with Gasteiger partial charge in [0.05, 0.1) is 21.2 Å². The van der Waals surface area contributed by atoms with E-state index in [1.807, 2.05) is 0 Å². The molecule has 0 bridgehead atoms. The Balaban J connectivity index is 1.52. The number of anilines is 1. The first kappa shape index (κ1) is 22.0. The molecule has 4 aromatic rings. The summed E-state index contributed by atoms with van der Waals surface area (Å²) >= 11 is 0. The molecule has 4 rings (SSSR count). The molecule has 168 valence electrons. The van der Waals surface area contributed by atoms with E-state index >= 15 is 0 Å². The molecule has 0 saturated heterocycles. The first-order valence-corrected chi connectivity index (χ1v) is 11.4. The van der Waals surface area contributed by atoms with Gasteiger partial charge in [-0.1, -0.05) is 18.2 Å². The Morgan fingerprint density at radius 3 is 2.45 bits per heavy atom. The van der Waals surface area contributed by atoms with Gasteiger partial charge in [0.2, 0.25) is 0 Å². The second-order valence-electron chi connectivity index (χ2n) is 7.15. The van der Waals surface area contributed by atoms with Crippen LogP contribution in [0.15, 0.2) is 82.1 Å². The van der Waals surface area contributed by atoms with Gasteiger partial charge >= 0.3 is 0 Å². The van der Waals surface area contributed by atoms with Crippen LogP contribution in [0.25, 0.3) is 5.69 Å². The number of nitro groups is 1. The van der Waals surface area contributed by atoms with Gasteiger partial charge in [-0.25, -0.2) is 13.1 Å². The maximum Gasteiger partial charge on any atom is 0.292 e. The molecule has 0 spiro atoms. The predicted molar refractivity (Wildman–Crippen MR) is 119 cm³/mol. The maximum absolute atomic E-state index is 12.7. The van der Waals surface area contributed by atoms with Crippen LogP contribution >= 0.6 is 0 Å². The van der Waals surface area contributed by atoms with Crippen LogP contribution in [0.2, 0.25) is 0 Å². The molecule has 10 nitrogen and oxygen atoms in total. The molecule has 0 aliphatic rings. The lowest BCUT2D eigenvalue weighted by atomic mass is 10.3. The number of aromatic nitrogens is 2. The molecule has 0 aliphatic carbocycles. The lowest BCUT2D eigenvalue weighted by Crippen LogP contribution is -2.14. The average molecular weight is 466 g/mol. The van der Waals surface area contributed by atoms with Crippen molar-refractivity contribution in [2.45, 2.75) is 17.6 Å². The summed E-state index contributed by atoms with van der Waals surface area (Å²) in [6.45, 7) is 1.73. The van der Waals surface area contributed by atoms with Crippen molar-refractivity contribution < 1.29 is 22.6 Å². The lowest BCUT2D eigenvalue weighted by Gasteiger charge is -2.08. The van der Waals surface area contributed by atoms with Crippen LogP contribution in [0.4, 0.5) is 11.5 Å². The smallest absolute Gasteiger partial charge is 0.292 e. The number of nitro benzene ring substituents is 1. The Morgan fingerprint density at radius 2 is 1.79 bits per heavy atom. The number of nitrogens with zero attached hydrogens (tertiary/aromatic N) is 3. The van der Waals surface area contributed by atoms with Gasteiger partial charge in [0.15, 0.2) is 15.6 Å². The monoisotopic (exact) mass is 466 g/mol. The van der Waals surface area contributed by atoms with E-state index in [0.717, 1.165) is 0 Å². The molecule has 0 saturated carbocycles. The van der Waals surface area contributed by atoms with Crippen molar-refractivity contribution >= 4 is 27.2 Å². The van der Waals surface area contributed by atoms with E-state index in [1.165, 1.54) is 53.2 Å². The predicted octanol–water partition coefficient (Wildman–Crippen LogP) is 3.91. The molecule has 2 heterocycles. The third kappa shape index (κ3) is 4.83. The molecular formula is C22H18N4O6S. The number of rotatable bonds is 7.